The van der Waals surface area contributed by atoms with Crippen LogP contribution in [0.5, 0.6) is 5.75 Å². The Morgan fingerprint density at radius 1 is 1.26 bits per heavy atom. The molecule has 1 aliphatic rings. The predicted octanol–water partition coefficient (Wildman–Crippen LogP) is 1.43. The molecular formula is C23H26N8O3S. The van der Waals surface area contributed by atoms with E-state index in [0.717, 1.165) is 38.4 Å². The molecule has 1 saturated heterocycles. The Hall–Kier alpha value is -3.74. The zero-order valence-corrected chi connectivity index (χ0v) is 20.0. The van der Waals surface area contributed by atoms with Crippen LogP contribution in [-0.4, -0.2) is 71.8 Å². The lowest BCUT2D eigenvalue weighted by Gasteiger charge is -2.30. The summed E-state index contributed by atoms with van der Waals surface area (Å²) >= 11 is 1.23. The number of likely N-dealkylation sites (N-methyl/N-ethyl adjacent to an activating group) is 1. The van der Waals surface area contributed by atoms with Crippen molar-refractivity contribution in [1.29, 1.82) is 0 Å². The summed E-state index contributed by atoms with van der Waals surface area (Å²) in [7, 11) is 1.86. The molecule has 0 bridgehead atoms. The van der Waals surface area contributed by atoms with Crippen molar-refractivity contribution < 1.29 is 9.53 Å². The average Bonchev–Trinajstić information content (AvgIpc) is 3.48. The number of carbonyl (C=O) groups is 1. The molecular weight excluding hydrogens is 468 g/mol. The van der Waals surface area contributed by atoms with E-state index in [2.05, 4.69) is 35.8 Å². The highest BCUT2D eigenvalue weighted by Crippen LogP contribution is 2.26. The van der Waals surface area contributed by atoms with Crippen LogP contribution in [0.4, 0.5) is 11.4 Å². The summed E-state index contributed by atoms with van der Waals surface area (Å²) in [4.78, 5) is 39.4. The number of rotatable bonds is 8. The minimum absolute atomic E-state index is 0.230. The Bertz CT molecular complexity index is 1390. The number of carbonyl (C=O) groups excluding carboxylic acids is 1. The molecule has 1 amide bonds. The Morgan fingerprint density at radius 3 is 2.94 bits per heavy atom. The van der Waals surface area contributed by atoms with Crippen LogP contribution in [-0.2, 0) is 0 Å². The largest absolute Gasteiger partial charge is 0.492 e. The molecule has 182 valence electrons. The van der Waals surface area contributed by atoms with Crippen molar-refractivity contribution in [3.63, 3.8) is 0 Å². The smallest absolute Gasteiger partial charge is 0.332 e. The van der Waals surface area contributed by atoms with Gasteiger partial charge in [-0.1, -0.05) is 0 Å². The summed E-state index contributed by atoms with van der Waals surface area (Å²) in [6.45, 7) is 4.70. The summed E-state index contributed by atoms with van der Waals surface area (Å²) in [5.41, 5.74) is 2.74. The van der Waals surface area contributed by atoms with Crippen LogP contribution in [0, 0.1) is 0 Å². The van der Waals surface area contributed by atoms with Gasteiger partial charge in [-0.15, -0.1) is 11.3 Å². The number of aromatic amines is 1. The van der Waals surface area contributed by atoms with E-state index in [-0.39, 0.29) is 17.3 Å². The molecule has 1 aromatic carbocycles. The van der Waals surface area contributed by atoms with Gasteiger partial charge in [0.1, 0.15) is 18.1 Å². The number of pyridine rings is 1. The molecule has 4 heterocycles. The van der Waals surface area contributed by atoms with Gasteiger partial charge in [-0.05, 0) is 25.2 Å². The van der Waals surface area contributed by atoms with Gasteiger partial charge in [-0.2, -0.15) is 0 Å². The van der Waals surface area contributed by atoms with Crippen molar-refractivity contribution in [3.05, 3.63) is 58.2 Å². The summed E-state index contributed by atoms with van der Waals surface area (Å²) in [6, 6.07) is 7.29. The summed E-state index contributed by atoms with van der Waals surface area (Å²) in [5, 5.41) is 11.3. The molecule has 0 spiro atoms. The third-order valence-corrected chi connectivity index (χ3v) is 6.52. The van der Waals surface area contributed by atoms with Crippen LogP contribution in [0.1, 0.15) is 10.5 Å². The van der Waals surface area contributed by atoms with Crippen LogP contribution in [0.15, 0.2) is 46.8 Å². The molecule has 4 N–H and O–H groups in total. The van der Waals surface area contributed by atoms with Crippen LogP contribution >= 0.6 is 11.3 Å². The number of imidazole rings is 1. The maximum Gasteiger partial charge on any atom is 0.332 e. The van der Waals surface area contributed by atoms with Crippen LogP contribution in [0.25, 0.3) is 16.2 Å². The highest BCUT2D eigenvalue weighted by atomic mass is 32.1. The van der Waals surface area contributed by atoms with E-state index in [1.807, 2.05) is 19.2 Å². The number of nitrogens with zero attached hydrogens (tertiary/aromatic N) is 4. The Kier molecular flexibility index (Phi) is 6.75. The third kappa shape index (κ3) is 4.90. The third-order valence-electron chi connectivity index (χ3n) is 5.69. The van der Waals surface area contributed by atoms with E-state index in [0.29, 0.717) is 34.2 Å². The zero-order valence-electron chi connectivity index (χ0n) is 19.2. The molecule has 1 fully saturated rings. The number of hydrogen-bond acceptors (Lipinski definition) is 9. The number of nitrogens with one attached hydrogen (secondary N) is 4. The van der Waals surface area contributed by atoms with Gasteiger partial charge >= 0.3 is 5.69 Å². The molecule has 0 saturated carbocycles. The fraction of sp³-hybridized carbons (Fsp3) is 0.304. The topological polar surface area (TPSA) is 129 Å². The second-order valence-electron chi connectivity index (χ2n) is 8.00. The average molecular weight is 495 g/mol. The van der Waals surface area contributed by atoms with E-state index in [1.165, 1.54) is 15.9 Å². The highest BCUT2D eigenvalue weighted by molar-refractivity contribution is 7.12. The molecule has 3 aromatic heterocycles. The minimum atomic E-state index is -0.356. The Labute approximate surface area is 205 Å². The van der Waals surface area contributed by atoms with Crippen molar-refractivity contribution in [1.82, 2.24) is 30.2 Å². The first kappa shape index (κ1) is 23.0. The number of piperazine rings is 1. The highest BCUT2D eigenvalue weighted by Gasteiger charge is 2.19. The molecule has 5 rings (SSSR count). The quantitative estimate of drug-likeness (QED) is 0.271. The summed E-state index contributed by atoms with van der Waals surface area (Å²) < 4.78 is 7.15. The van der Waals surface area contributed by atoms with Gasteiger partial charge in [0.15, 0.2) is 5.13 Å². The first-order valence-corrected chi connectivity index (χ1v) is 12.2. The van der Waals surface area contributed by atoms with Gasteiger partial charge in [-0.25, -0.2) is 14.3 Å². The van der Waals surface area contributed by atoms with Gasteiger partial charge in [0, 0.05) is 50.4 Å². The minimum Gasteiger partial charge on any atom is -0.492 e. The van der Waals surface area contributed by atoms with Gasteiger partial charge in [0.2, 0.25) is 0 Å². The number of aromatic nitrogens is 4. The molecule has 11 nitrogen and oxygen atoms in total. The normalized spacial score (nSPS) is 13.8. The van der Waals surface area contributed by atoms with Crippen molar-refractivity contribution in [2.75, 3.05) is 56.6 Å². The van der Waals surface area contributed by atoms with E-state index in [4.69, 9.17) is 4.74 Å². The van der Waals surface area contributed by atoms with E-state index >= 15 is 0 Å². The SMILES string of the molecule is CNCCOc1ccc2c(c1)[nH]c(=O)n2-c1nc(C(=O)Nc2cnccc2N2CCNCC2)cs1. The first-order chi connectivity index (χ1) is 17.1. The number of benzene rings is 1. The van der Waals surface area contributed by atoms with Crippen molar-refractivity contribution in [2.24, 2.45) is 0 Å². The number of anilines is 2. The second-order valence-corrected chi connectivity index (χ2v) is 8.83. The van der Waals surface area contributed by atoms with Crippen LogP contribution in [0.2, 0.25) is 0 Å². The molecule has 35 heavy (non-hydrogen) atoms. The maximum atomic E-state index is 13.0. The molecule has 12 heteroatoms. The lowest BCUT2D eigenvalue weighted by Crippen LogP contribution is -2.43. The standard InChI is InChI=1S/C23H26N8O3S/c1-24-8-11-34-15-2-3-20-16(12-15)28-22(33)31(20)23-29-18(14-35-23)21(32)27-17-13-26-5-4-19(17)30-9-6-25-7-10-30/h2-5,12-14,24-25H,6-11H2,1H3,(H,27,32)(H,28,33). The first-order valence-electron chi connectivity index (χ1n) is 11.3. The van der Waals surface area contributed by atoms with Crippen molar-refractivity contribution in [3.8, 4) is 10.9 Å². The van der Waals surface area contributed by atoms with Crippen LogP contribution < -0.4 is 31.3 Å². The molecule has 0 unspecified atom stereocenters. The van der Waals surface area contributed by atoms with Gasteiger partial charge in [0.25, 0.3) is 5.91 Å². The van der Waals surface area contributed by atoms with E-state index in [9.17, 15) is 9.59 Å². The lowest BCUT2D eigenvalue weighted by molar-refractivity contribution is 0.102. The van der Waals surface area contributed by atoms with Gasteiger partial charge in [-0.3, -0.25) is 9.78 Å². The Morgan fingerprint density at radius 2 is 2.11 bits per heavy atom. The van der Waals surface area contributed by atoms with Crippen LogP contribution in [0.3, 0.4) is 0 Å². The molecule has 0 atom stereocenters. The van der Waals surface area contributed by atoms with E-state index < -0.39 is 0 Å². The lowest BCUT2D eigenvalue weighted by atomic mass is 10.2. The number of amides is 1. The van der Waals surface area contributed by atoms with E-state index in [1.54, 1.807) is 29.9 Å². The monoisotopic (exact) mass is 494 g/mol. The summed E-state index contributed by atoms with van der Waals surface area (Å²) in [6.07, 6.45) is 3.36. The zero-order chi connectivity index (χ0) is 24.2. The molecule has 0 radical (unpaired) electrons. The number of fused-ring (bicyclic) bond motifs is 1. The number of H-pyrrole nitrogens is 1. The molecule has 4 aromatic rings. The van der Waals surface area contributed by atoms with Gasteiger partial charge in [0.05, 0.1) is 28.6 Å². The fourth-order valence-corrected chi connectivity index (χ4v) is 4.78. The Balaban J connectivity index is 1.36. The van der Waals surface area contributed by atoms with Crippen molar-refractivity contribution >= 4 is 39.7 Å². The molecule has 0 aliphatic carbocycles. The summed E-state index contributed by atoms with van der Waals surface area (Å²) in [5.74, 6) is 0.308. The van der Waals surface area contributed by atoms with Gasteiger partial charge < -0.3 is 30.6 Å². The predicted molar refractivity (Wildman–Crippen MR) is 136 cm³/mol. The second kappa shape index (κ2) is 10.3. The fourth-order valence-electron chi connectivity index (χ4n) is 3.96. The number of thiazole rings is 1. The maximum absolute atomic E-state index is 13.0. The molecule has 1 aliphatic heterocycles. The number of ether oxygens (including phenoxy) is 1. The van der Waals surface area contributed by atoms with Crippen molar-refractivity contribution in [2.45, 2.75) is 0 Å². The number of hydrogen-bond donors (Lipinski definition) is 4.